The smallest absolute Gasteiger partial charge is 0.0621 e. The Kier molecular flexibility index (Phi) is 5.66. The van der Waals surface area contributed by atoms with Crippen LogP contribution in [0.15, 0.2) is 18.5 Å². The molecule has 0 saturated heterocycles. The third-order valence-corrected chi connectivity index (χ3v) is 2.94. The van der Waals surface area contributed by atoms with Gasteiger partial charge in [-0.3, -0.25) is 4.98 Å². The molecule has 1 rings (SSSR count). The van der Waals surface area contributed by atoms with Gasteiger partial charge >= 0.3 is 0 Å². The topological polar surface area (TPSA) is 24.9 Å². The zero-order chi connectivity index (χ0) is 11.1. The van der Waals surface area contributed by atoms with Gasteiger partial charge < -0.3 is 5.32 Å². The Morgan fingerprint density at radius 3 is 2.87 bits per heavy atom. The minimum atomic E-state index is 0.597. The van der Waals surface area contributed by atoms with Crippen LogP contribution in [0.1, 0.15) is 32.3 Å². The Bertz CT molecular complexity index is 289. The second-order valence-corrected chi connectivity index (χ2v) is 4.08. The van der Waals surface area contributed by atoms with Crippen LogP contribution in [-0.2, 0) is 6.42 Å². The van der Waals surface area contributed by atoms with E-state index in [1.54, 1.807) is 12.4 Å². The fraction of sp³-hybridized carbons (Fsp3) is 0.583. The van der Waals surface area contributed by atoms with Crippen molar-refractivity contribution in [3.63, 3.8) is 0 Å². The number of halogens is 1. The van der Waals surface area contributed by atoms with Gasteiger partial charge in [0.1, 0.15) is 0 Å². The number of nitrogens with zero attached hydrogens (tertiary/aromatic N) is 1. The molecule has 0 amide bonds. The lowest BCUT2D eigenvalue weighted by molar-refractivity contribution is 0.481. The maximum Gasteiger partial charge on any atom is 0.0621 e. The summed E-state index contributed by atoms with van der Waals surface area (Å²) >= 11 is 6.05. The Labute approximate surface area is 97.1 Å². The van der Waals surface area contributed by atoms with Crippen LogP contribution in [0.5, 0.6) is 0 Å². The summed E-state index contributed by atoms with van der Waals surface area (Å²) in [6, 6.07) is 2.60. The van der Waals surface area contributed by atoms with Crippen LogP contribution in [-0.4, -0.2) is 17.6 Å². The summed E-state index contributed by atoms with van der Waals surface area (Å²) in [4.78, 5) is 3.98. The lowest BCUT2D eigenvalue weighted by atomic mass is 10.0. The van der Waals surface area contributed by atoms with Gasteiger partial charge in [0, 0.05) is 18.4 Å². The zero-order valence-corrected chi connectivity index (χ0v) is 10.2. The summed E-state index contributed by atoms with van der Waals surface area (Å²) < 4.78 is 0. The maximum atomic E-state index is 6.05. The molecule has 0 radical (unpaired) electrons. The molecule has 0 bridgehead atoms. The molecule has 1 atom stereocenters. The number of pyridine rings is 1. The molecule has 84 valence electrons. The first-order chi connectivity index (χ1) is 7.27. The van der Waals surface area contributed by atoms with Crippen molar-refractivity contribution in [1.82, 2.24) is 10.3 Å². The largest absolute Gasteiger partial charge is 0.314 e. The molecule has 1 unspecified atom stereocenters. The van der Waals surface area contributed by atoms with Crippen molar-refractivity contribution < 1.29 is 0 Å². The molecule has 1 N–H and O–H groups in total. The fourth-order valence-corrected chi connectivity index (χ4v) is 1.89. The van der Waals surface area contributed by atoms with Crippen LogP contribution in [0.3, 0.4) is 0 Å². The normalized spacial score (nSPS) is 12.7. The standard InChI is InChI=1S/C12H19ClN2/c1-3-11(15-4-2)6-5-10-7-8-14-9-12(10)13/h7-9,11,15H,3-6H2,1-2H3. The summed E-state index contributed by atoms with van der Waals surface area (Å²) in [6.07, 6.45) is 6.83. The second kappa shape index (κ2) is 6.81. The lowest BCUT2D eigenvalue weighted by Gasteiger charge is -2.15. The minimum absolute atomic E-state index is 0.597. The van der Waals surface area contributed by atoms with Crippen molar-refractivity contribution in [1.29, 1.82) is 0 Å². The number of rotatable bonds is 6. The van der Waals surface area contributed by atoms with E-state index in [1.807, 2.05) is 6.07 Å². The van der Waals surface area contributed by atoms with Crippen molar-refractivity contribution in [2.24, 2.45) is 0 Å². The number of aromatic nitrogens is 1. The summed E-state index contributed by atoms with van der Waals surface area (Å²) in [5.74, 6) is 0. The van der Waals surface area contributed by atoms with Crippen LogP contribution in [0.4, 0.5) is 0 Å². The first kappa shape index (κ1) is 12.5. The molecule has 0 aliphatic carbocycles. The van der Waals surface area contributed by atoms with E-state index in [4.69, 9.17) is 11.6 Å². The van der Waals surface area contributed by atoms with Gasteiger partial charge in [-0.2, -0.15) is 0 Å². The van der Waals surface area contributed by atoms with Crippen molar-refractivity contribution >= 4 is 11.6 Å². The quantitative estimate of drug-likeness (QED) is 0.807. The van der Waals surface area contributed by atoms with Crippen LogP contribution in [0.2, 0.25) is 5.02 Å². The van der Waals surface area contributed by atoms with Crippen molar-refractivity contribution in [3.05, 3.63) is 29.0 Å². The van der Waals surface area contributed by atoms with Crippen LogP contribution in [0.25, 0.3) is 0 Å². The van der Waals surface area contributed by atoms with E-state index < -0.39 is 0 Å². The molecule has 2 nitrogen and oxygen atoms in total. The van der Waals surface area contributed by atoms with E-state index in [2.05, 4.69) is 24.1 Å². The summed E-state index contributed by atoms with van der Waals surface area (Å²) in [5.41, 5.74) is 1.20. The average Bonchev–Trinajstić information content (AvgIpc) is 2.26. The van der Waals surface area contributed by atoms with E-state index >= 15 is 0 Å². The molecule has 15 heavy (non-hydrogen) atoms. The van der Waals surface area contributed by atoms with Gasteiger partial charge in [0.05, 0.1) is 5.02 Å². The highest BCUT2D eigenvalue weighted by Gasteiger charge is 2.06. The van der Waals surface area contributed by atoms with Gasteiger partial charge in [0.2, 0.25) is 0 Å². The molecule has 0 saturated carbocycles. The monoisotopic (exact) mass is 226 g/mol. The SMILES string of the molecule is CCNC(CC)CCc1ccncc1Cl. The van der Waals surface area contributed by atoms with Gasteiger partial charge in [0.15, 0.2) is 0 Å². The molecular weight excluding hydrogens is 208 g/mol. The second-order valence-electron chi connectivity index (χ2n) is 3.67. The van der Waals surface area contributed by atoms with Gasteiger partial charge in [-0.05, 0) is 37.4 Å². The number of hydrogen-bond acceptors (Lipinski definition) is 2. The van der Waals surface area contributed by atoms with Crippen LogP contribution >= 0.6 is 11.6 Å². The van der Waals surface area contributed by atoms with Crippen molar-refractivity contribution in [3.8, 4) is 0 Å². The van der Waals surface area contributed by atoms with Gasteiger partial charge in [-0.25, -0.2) is 0 Å². The van der Waals surface area contributed by atoms with Gasteiger partial charge in [-0.1, -0.05) is 25.4 Å². The lowest BCUT2D eigenvalue weighted by Crippen LogP contribution is -2.28. The highest BCUT2D eigenvalue weighted by atomic mass is 35.5. The predicted molar refractivity (Wildman–Crippen MR) is 65.3 cm³/mol. The molecule has 1 heterocycles. The number of aryl methyl sites for hydroxylation is 1. The number of hydrogen-bond donors (Lipinski definition) is 1. The Balaban J connectivity index is 2.45. The Morgan fingerprint density at radius 1 is 1.47 bits per heavy atom. The van der Waals surface area contributed by atoms with E-state index in [1.165, 1.54) is 5.56 Å². The summed E-state index contributed by atoms with van der Waals surface area (Å²) in [5, 5.41) is 4.24. The highest BCUT2D eigenvalue weighted by molar-refractivity contribution is 6.31. The Hall–Kier alpha value is -0.600. The van der Waals surface area contributed by atoms with Crippen LogP contribution < -0.4 is 5.32 Å². The highest BCUT2D eigenvalue weighted by Crippen LogP contribution is 2.16. The molecular formula is C12H19ClN2. The maximum absolute atomic E-state index is 6.05. The summed E-state index contributed by atoms with van der Waals surface area (Å²) in [6.45, 7) is 5.38. The molecule has 0 aromatic carbocycles. The number of nitrogens with one attached hydrogen (secondary N) is 1. The minimum Gasteiger partial charge on any atom is -0.314 e. The third kappa shape index (κ3) is 4.18. The molecule has 0 fully saturated rings. The third-order valence-electron chi connectivity index (χ3n) is 2.60. The van der Waals surface area contributed by atoms with Crippen molar-refractivity contribution in [2.75, 3.05) is 6.54 Å². The van der Waals surface area contributed by atoms with E-state index in [0.29, 0.717) is 6.04 Å². The predicted octanol–water partition coefficient (Wildman–Crippen LogP) is 3.06. The zero-order valence-electron chi connectivity index (χ0n) is 9.46. The van der Waals surface area contributed by atoms with E-state index in [9.17, 15) is 0 Å². The van der Waals surface area contributed by atoms with E-state index in [0.717, 1.165) is 30.8 Å². The fourth-order valence-electron chi connectivity index (χ4n) is 1.68. The van der Waals surface area contributed by atoms with Gasteiger partial charge in [-0.15, -0.1) is 0 Å². The summed E-state index contributed by atoms with van der Waals surface area (Å²) in [7, 11) is 0. The van der Waals surface area contributed by atoms with E-state index in [-0.39, 0.29) is 0 Å². The molecule has 1 aromatic heterocycles. The molecule has 3 heteroatoms. The van der Waals surface area contributed by atoms with Crippen molar-refractivity contribution in [2.45, 2.75) is 39.2 Å². The first-order valence-corrected chi connectivity index (χ1v) is 5.97. The molecule has 1 aromatic rings. The van der Waals surface area contributed by atoms with Crippen LogP contribution in [0, 0.1) is 0 Å². The Morgan fingerprint density at radius 2 is 2.27 bits per heavy atom. The first-order valence-electron chi connectivity index (χ1n) is 5.59. The molecule has 0 spiro atoms. The molecule has 0 aliphatic rings. The van der Waals surface area contributed by atoms with Gasteiger partial charge in [0.25, 0.3) is 0 Å². The molecule has 0 aliphatic heterocycles. The average molecular weight is 227 g/mol.